The lowest BCUT2D eigenvalue weighted by Crippen LogP contribution is -2.30. The first-order valence-electron chi connectivity index (χ1n) is 8.39. The van der Waals surface area contributed by atoms with Gasteiger partial charge >= 0.3 is 0 Å². The average Bonchev–Trinajstić information content (AvgIpc) is 2.60. The minimum Gasteiger partial charge on any atom is -0.322 e. The summed E-state index contributed by atoms with van der Waals surface area (Å²) in [7, 11) is -3.67. The predicted molar refractivity (Wildman–Crippen MR) is 105 cm³/mol. The highest BCUT2D eigenvalue weighted by Gasteiger charge is 2.24. The maximum absolute atomic E-state index is 12.7. The van der Waals surface area contributed by atoms with E-state index in [0.717, 1.165) is 11.1 Å². The molecule has 0 unspecified atom stereocenters. The quantitative estimate of drug-likeness (QED) is 0.796. The Morgan fingerprint density at radius 2 is 1.77 bits per heavy atom. The fourth-order valence-electron chi connectivity index (χ4n) is 2.63. The summed E-state index contributed by atoms with van der Waals surface area (Å²) in [4.78, 5) is 12.7. The van der Waals surface area contributed by atoms with Gasteiger partial charge in [-0.1, -0.05) is 37.6 Å². The van der Waals surface area contributed by atoms with Crippen molar-refractivity contribution in [3.63, 3.8) is 0 Å². The van der Waals surface area contributed by atoms with Gasteiger partial charge in [0.15, 0.2) is 0 Å². The molecule has 0 aliphatic rings. The number of nitrogens with zero attached hydrogens (tertiary/aromatic N) is 1. The molecule has 2 aromatic rings. The van der Waals surface area contributed by atoms with E-state index in [1.54, 1.807) is 19.9 Å². The molecule has 140 valence electrons. The van der Waals surface area contributed by atoms with E-state index in [1.807, 2.05) is 26.0 Å². The second kappa shape index (κ2) is 8.20. The molecule has 26 heavy (non-hydrogen) atoms. The number of rotatable bonds is 6. The minimum absolute atomic E-state index is 0.0525. The standard InChI is InChI=1S/C19H23ClN2O3S/c1-5-22(6-2)26(24,25)15-10-11-17(20)16(12-15)19(23)21-18-9-7-8-13(3)14(18)4/h7-12H,5-6H2,1-4H3,(H,21,23). The zero-order chi connectivity index (χ0) is 19.5. The molecule has 0 saturated carbocycles. The third-order valence-electron chi connectivity index (χ3n) is 4.38. The number of halogens is 1. The summed E-state index contributed by atoms with van der Waals surface area (Å²) in [5.74, 6) is -0.444. The number of carbonyl (C=O) groups is 1. The van der Waals surface area contributed by atoms with Crippen molar-refractivity contribution in [2.75, 3.05) is 18.4 Å². The molecule has 0 aliphatic carbocycles. The van der Waals surface area contributed by atoms with Crippen LogP contribution in [0, 0.1) is 13.8 Å². The molecule has 0 aromatic heterocycles. The molecular weight excluding hydrogens is 372 g/mol. The molecule has 1 N–H and O–H groups in total. The number of hydrogen-bond donors (Lipinski definition) is 1. The summed E-state index contributed by atoms with van der Waals surface area (Å²) in [6, 6.07) is 9.79. The third kappa shape index (κ3) is 4.09. The number of sulfonamides is 1. The van der Waals surface area contributed by atoms with Crippen LogP contribution in [0.25, 0.3) is 0 Å². The fourth-order valence-corrected chi connectivity index (χ4v) is 4.32. The molecule has 7 heteroatoms. The lowest BCUT2D eigenvalue weighted by molar-refractivity contribution is 0.102. The molecule has 0 heterocycles. The molecule has 0 atom stereocenters. The van der Waals surface area contributed by atoms with Crippen LogP contribution in [-0.4, -0.2) is 31.7 Å². The second-order valence-corrected chi connectivity index (χ2v) is 8.28. The van der Waals surface area contributed by atoms with E-state index < -0.39 is 15.9 Å². The first kappa shape index (κ1) is 20.4. The lowest BCUT2D eigenvalue weighted by Gasteiger charge is -2.19. The van der Waals surface area contributed by atoms with Gasteiger partial charge in [-0.25, -0.2) is 8.42 Å². The Kier molecular flexibility index (Phi) is 6.44. The Bertz CT molecular complexity index is 922. The van der Waals surface area contributed by atoms with E-state index in [9.17, 15) is 13.2 Å². The molecule has 0 saturated heterocycles. The molecule has 0 radical (unpaired) electrons. The van der Waals surface area contributed by atoms with Crippen molar-refractivity contribution in [1.29, 1.82) is 0 Å². The number of amides is 1. The number of anilines is 1. The Balaban J connectivity index is 2.41. The highest BCUT2D eigenvalue weighted by Crippen LogP contribution is 2.25. The molecule has 2 rings (SSSR count). The van der Waals surface area contributed by atoms with Gasteiger partial charge in [-0.3, -0.25) is 4.79 Å². The van der Waals surface area contributed by atoms with Crippen LogP contribution in [0.1, 0.15) is 35.3 Å². The summed E-state index contributed by atoms with van der Waals surface area (Å²) in [5, 5.41) is 3.01. The van der Waals surface area contributed by atoms with Gasteiger partial charge in [-0.2, -0.15) is 4.31 Å². The Morgan fingerprint density at radius 1 is 1.12 bits per heavy atom. The van der Waals surface area contributed by atoms with Crippen LogP contribution in [0.15, 0.2) is 41.3 Å². The molecule has 0 aliphatic heterocycles. The minimum atomic E-state index is -3.67. The van der Waals surface area contributed by atoms with Gasteiger partial charge in [-0.05, 0) is 49.2 Å². The topological polar surface area (TPSA) is 66.5 Å². The fraction of sp³-hybridized carbons (Fsp3) is 0.316. The molecule has 0 spiro atoms. The maximum atomic E-state index is 12.7. The summed E-state index contributed by atoms with van der Waals surface area (Å²) < 4.78 is 26.7. The van der Waals surface area contributed by atoms with Gasteiger partial charge in [-0.15, -0.1) is 0 Å². The van der Waals surface area contributed by atoms with E-state index in [0.29, 0.717) is 18.8 Å². The maximum Gasteiger partial charge on any atom is 0.257 e. The number of hydrogen-bond acceptors (Lipinski definition) is 3. The molecule has 0 fully saturated rings. The smallest absolute Gasteiger partial charge is 0.257 e. The summed E-state index contributed by atoms with van der Waals surface area (Å²) >= 11 is 6.16. The van der Waals surface area contributed by atoms with Gasteiger partial charge in [0.25, 0.3) is 5.91 Å². The van der Waals surface area contributed by atoms with Crippen molar-refractivity contribution >= 4 is 33.2 Å². The zero-order valence-corrected chi connectivity index (χ0v) is 16.9. The Morgan fingerprint density at radius 3 is 2.38 bits per heavy atom. The van der Waals surface area contributed by atoms with Gasteiger partial charge in [0, 0.05) is 18.8 Å². The predicted octanol–water partition coefficient (Wildman–Crippen LogP) is 4.24. The van der Waals surface area contributed by atoms with Gasteiger partial charge < -0.3 is 5.32 Å². The van der Waals surface area contributed by atoms with Crippen molar-refractivity contribution in [3.8, 4) is 0 Å². The number of aryl methyl sites for hydroxylation is 1. The van der Waals surface area contributed by atoms with Crippen molar-refractivity contribution < 1.29 is 13.2 Å². The zero-order valence-electron chi connectivity index (χ0n) is 15.3. The number of carbonyl (C=O) groups excluding carboxylic acids is 1. The number of nitrogens with one attached hydrogen (secondary N) is 1. The van der Waals surface area contributed by atoms with E-state index in [4.69, 9.17) is 11.6 Å². The van der Waals surface area contributed by atoms with Crippen LogP contribution < -0.4 is 5.32 Å². The second-order valence-electron chi connectivity index (χ2n) is 5.93. The van der Waals surface area contributed by atoms with Crippen molar-refractivity contribution in [1.82, 2.24) is 4.31 Å². The highest BCUT2D eigenvalue weighted by atomic mass is 35.5. The summed E-state index contributed by atoms with van der Waals surface area (Å²) in [6.07, 6.45) is 0. The Labute approximate surface area is 160 Å². The van der Waals surface area contributed by atoms with Gasteiger partial charge in [0.05, 0.1) is 15.5 Å². The average molecular weight is 395 g/mol. The first-order chi connectivity index (χ1) is 12.2. The van der Waals surface area contributed by atoms with Crippen molar-refractivity contribution in [3.05, 3.63) is 58.1 Å². The SMILES string of the molecule is CCN(CC)S(=O)(=O)c1ccc(Cl)c(C(=O)Nc2cccc(C)c2C)c1. The molecular formula is C19H23ClN2O3S. The molecule has 1 amide bonds. The van der Waals surface area contributed by atoms with Gasteiger partial charge in [0.1, 0.15) is 0 Å². The monoisotopic (exact) mass is 394 g/mol. The van der Waals surface area contributed by atoms with Crippen LogP contribution in [0.4, 0.5) is 5.69 Å². The van der Waals surface area contributed by atoms with E-state index in [1.165, 1.54) is 22.5 Å². The molecule has 5 nitrogen and oxygen atoms in total. The van der Waals surface area contributed by atoms with Crippen molar-refractivity contribution in [2.45, 2.75) is 32.6 Å². The van der Waals surface area contributed by atoms with Crippen molar-refractivity contribution in [2.24, 2.45) is 0 Å². The summed E-state index contributed by atoms with van der Waals surface area (Å²) in [5.41, 5.74) is 2.79. The highest BCUT2D eigenvalue weighted by molar-refractivity contribution is 7.89. The van der Waals surface area contributed by atoms with Crippen LogP contribution in [0.2, 0.25) is 5.02 Å². The lowest BCUT2D eigenvalue weighted by atomic mass is 10.1. The normalized spacial score (nSPS) is 11.6. The van der Waals surface area contributed by atoms with E-state index in [2.05, 4.69) is 5.32 Å². The summed E-state index contributed by atoms with van der Waals surface area (Å²) in [6.45, 7) is 8.11. The van der Waals surface area contributed by atoms with E-state index >= 15 is 0 Å². The van der Waals surface area contributed by atoms with Crippen LogP contribution in [0.3, 0.4) is 0 Å². The number of benzene rings is 2. The van der Waals surface area contributed by atoms with E-state index in [-0.39, 0.29) is 15.5 Å². The first-order valence-corrected chi connectivity index (χ1v) is 10.2. The van der Waals surface area contributed by atoms with Gasteiger partial charge in [0.2, 0.25) is 10.0 Å². The molecule has 0 bridgehead atoms. The largest absolute Gasteiger partial charge is 0.322 e. The molecule has 2 aromatic carbocycles. The Hall–Kier alpha value is -1.89. The van der Waals surface area contributed by atoms with Crippen LogP contribution in [0.5, 0.6) is 0 Å². The van der Waals surface area contributed by atoms with Crippen LogP contribution in [-0.2, 0) is 10.0 Å². The third-order valence-corrected chi connectivity index (χ3v) is 6.75. The van der Waals surface area contributed by atoms with Crippen LogP contribution >= 0.6 is 11.6 Å².